The minimum Gasteiger partial charge on any atom is -0.335 e. The Labute approximate surface area is 159 Å². The third-order valence-corrected chi connectivity index (χ3v) is 5.79. The SMILES string of the molecule is O=C(Nc1ccc(C(=O)N2CCC[C@H]3CCCC[C@@H]32)cc1)c1ccccn1. The van der Waals surface area contributed by atoms with Gasteiger partial charge in [0.1, 0.15) is 5.69 Å². The van der Waals surface area contributed by atoms with E-state index in [4.69, 9.17) is 0 Å². The van der Waals surface area contributed by atoms with Crippen LogP contribution in [0.15, 0.2) is 48.7 Å². The molecule has 1 aromatic heterocycles. The first-order valence-corrected chi connectivity index (χ1v) is 9.86. The quantitative estimate of drug-likeness (QED) is 0.892. The molecule has 1 saturated heterocycles. The second-order valence-corrected chi connectivity index (χ2v) is 7.50. The molecule has 2 aromatic rings. The number of hydrogen-bond donors (Lipinski definition) is 1. The van der Waals surface area contributed by atoms with E-state index >= 15 is 0 Å². The van der Waals surface area contributed by atoms with Crippen LogP contribution in [0.25, 0.3) is 0 Å². The zero-order chi connectivity index (χ0) is 18.6. The summed E-state index contributed by atoms with van der Waals surface area (Å²) in [6, 6.07) is 12.8. The molecular formula is C22H25N3O2. The van der Waals surface area contributed by atoms with E-state index in [1.165, 1.54) is 25.7 Å². The van der Waals surface area contributed by atoms with Gasteiger partial charge in [-0.25, -0.2) is 0 Å². The smallest absolute Gasteiger partial charge is 0.274 e. The molecule has 1 aliphatic carbocycles. The van der Waals surface area contributed by atoms with Crippen molar-refractivity contribution in [3.8, 4) is 0 Å². The minimum absolute atomic E-state index is 0.120. The van der Waals surface area contributed by atoms with Crippen LogP contribution in [0, 0.1) is 5.92 Å². The van der Waals surface area contributed by atoms with Crippen molar-refractivity contribution in [3.05, 3.63) is 59.9 Å². The highest BCUT2D eigenvalue weighted by molar-refractivity contribution is 6.03. The van der Waals surface area contributed by atoms with Crippen LogP contribution >= 0.6 is 0 Å². The molecule has 27 heavy (non-hydrogen) atoms. The molecule has 1 N–H and O–H groups in total. The van der Waals surface area contributed by atoms with Crippen molar-refractivity contribution in [2.24, 2.45) is 5.92 Å². The highest BCUT2D eigenvalue weighted by Gasteiger charge is 2.35. The molecule has 2 amide bonds. The van der Waals surface area contributed by atoms with Gasteiger partial charge in [-0.2, -0.15) is 0 Å². The average Bonchev–Trinajstić information content (AvgIpc) is 2.74. The summed E-state index contributed by atoms with van der Waals surface area (Å²) in [5, 5.41) is 2.82. The molecule has 4 rings (SSSR count). The third-order valence-electron chi connectivity index (χ3n) is 5.79. The van der Waals surface area contributed by atoms with E-state index in [0.717, 1.165) is 19.4 Å². The van der Waals surface area contributed by atoms with Gasteiger partial charge in [-0.05, 0) is 68.0 Å². The second-order valence-electron chi connectivity index (χ2n) is 7.50. The van der Waals surface area contributed by atoms with Crippen molar-refractivity contribution in [1.82, 2.24) is 9.88 Å². The number of nitrogens with one attached hydrogen (secondary N) is 1. The summed E-state index contributed by atoms with van der Waals surface area (Å²) in [6.07, 6.45) is 8.87. The maximum atomic E-state index is 13.0. The summed E-state index contributed by atoms with van der Waals surface area (Å²) in [4.78, 5) is 31.4. The normalized spacial score (nSPS) is 22.0. The molecule has 2 aliphatic rings. The first-order valence-electron chi connectivity index (χ1n) is 9.86. The Bertz CT molecular complexity index is 802. The zero-order valence-electron chi connectivity index (χ0n) is 15.4. The first-order chi connectivity index (χ1) is 13.2. The van der Waals surface area contributed by atoms with Crippen LogP contribution in [0.2, 0.25) is 0 Å². The largest absolute Gasteiger partial charge is 0.335 e. The van der Waals surface area contributed by atoms with Gasteiger partial charge in [0.25, 0.3) is 11.8 Å². The average molecular weight is 363 g/mol. The van der Waals surface area contributed by atoms with Gasteiger partial charge >= 0.3 is 0 Å². The Morgan fingerprint density at radius 1 is 0.963 bits per heavy atom. The van der Waals surface area contributed by atoms with E-state index in [1.807, 2.05) is 12.1 Å². The molecular weight excluding hydrogens is 338 g/mol. The van der Waals surface area contributed by atoms with Gasteiger partial charge in [0, 0.05) is 30.0 Å². The van der Waals surface area contributed by atoms with E-state index < -0.39 is 0 Å². The number of likely N-dealkylation sites (tertiary alicyclic amines) is 1. The molecule has 0 unspecified atom stereocenters. The predicted octanol–water partition coefficient (Wildman–Crippen LogP) is 4.13. The maximum Gasteiger partial charge on any atom is 0.274 e. The number of amides is 2. The summed E-state index contributed by atoms with van der Waals surface area (Å²) in [6.45, 7) is 0.859. The van der Waals surface area contributed by atoms with Crippen molar-refractivity contribution < 1.29 is 9.59 Å². The fourth-order valence-corrected chi connectivity index (χ4v) is 4.43. The number of carbonyl (C=O) groups excluding carboxylic acids is 2. The summed E-state index contributed by atoms with van der Waals surface area (Å²) in [7, 11) is 0. The van der Waals surface area contributed by atoms with Crippen LogP contribution in [-0.2, 0) is 0 Å². The molecule has 0 radical (unpaired) electrons. The summed E-state index contributed by atoms with van der Waals surface area (Å²) >= 11 is 0. The molecule has 0 spiro atoms. The predicted molar refractivity (Wildman–Crippen MR) is 105 cm³/mol. The van der Waals surface area contributed by atoms with E-state index in [0.29, 0.717) is 28.9 Å². The monoisotopic (exact) mass is 363 g/mol. The van der Waals surface area contributed by atoms with Crippen LogP contribution < -0.4 is 5.32 Å². The lowest BCUT2D eigenvalue weighted by molar-refractivity contribution is 0.0390. The lowest BCUT2D eigenvalue weighted by Gasteiger charge is -2.44. The number of hydrogen-bond acceptors (Lipinski definition) is 3. The highest BCUT2D eigenvalue weighted by atomic mass is 16.2. The number of benzene rings is 1. The topological polar surface area (TPSA) is 62.3 Å². The van der Waals surface area contributed by atoms with Gasteiger partial charge < -0.3 is 10.2 Å². The summed E-state index contributed by atoms with van der Waals surface area (Å²) in [5.41, 5.74) is 1.72. The number of carbonyl (C=O) groups is 2. The Hall–Kier alpha value is -2.69. The molecule has 1 saturated carbocycles. The number of pyridine rings is 1. The van der Waals surface area contributed by atoms with Gasteiger partial charge in [-0.3, -0.25) is 14.6 Å². The molecule has 2 fully saturated rings. The van der Waals surface area contributed by atoms with E-state index in [2.05, 4.69) is 15.2 Å². The lowest BCUT2D eigenvalue weighted by atomic mass is 9.78. The Morgan fingerprint density at radius 3 is 2.52 bits per heavy atom. The van der Waals surface area contributed by atoms with Crippen molar-refractivity contribution in [3.63, 3.8) is 0 Å². The van der Waals surface area contributed by atoms with Crippen LogP contribution in [0.5, 0.6) is 0 Å². The zero-order valence-corrected chi connectivity index (χ0v) is 15.4. The fourth-order valence-electron chi connectivity index (χ4n) is 4.43. The van der Waals surface area contributed by atoms with Crippen molar-refractivity contribution in [1.29, 1.82) is 0 Å². The van der Waals surface area contributed by atoms with Crippen molar-refractivity contribution in [2.45, 2.75) is 44.6 Å². The van der Waals surface area contributed by atoms with E-state index in [9.17, 15) is 9.59 Å². The van der Waals surface area contributed by atoms with Crippen molar-refractivity contribution in [2.75, 3.05) is 11.9 Å². The molecule has 5 nitrogen and oxygen atoms in total. The number of nitrogens with zero attached hydrogens (tertiary/aromatic N) is 2. The molecule has 2 atom stereocenters. The van der Waals surface area contributed by atoms with Crippen molar-refractivity contribution >= 4 is 17.5 Å². The van der Waals surface area contributed by atoms with Crippen LogP contribution in [-0.4, -0.2) is 34.3 Å². The van der Waals surface area contributed by atoms with Gasteiger partial charge in [0.2, 0.25) is 0 Å². The fraction of sp³-hybridized carbons (Fsp3) is 0.409. The standard InChI is InChI=1S/C22H25N3O2/c26-21(19-8-3-4-14-23-19)24-18-12-10-17(11-13-18)22(27)25-15-5-7-16-6-1-2-9-20(16)25/h3-4,8,10-14,16,20H,1-2,5-7,9,15H2,(H,24,26)/t16-,20+/m1/s1. The molecule has 1 aliphatic heterocycles. The highest BCUT2D eigenvalue weighted by Crippen LogP contribution is 2.36. The second kappa shape index (κ2) is 7.91. The van der Waals surface area contributed by atoms with Crippen LogP contribution in [0.3, 0.4) is 0 Å². The Kier molecular flexibility index (Phi) is 5.19. The molecule has 140 valence electrons. The first kappa shape index (κ1) is 17.7. The summed E-state index contributed by atoms with van der Waals surface area (Å²) in [5.74, 6) is 0.540. The van der Waals surface area contributed by atoms with Crippen LogP contribution in [0.4, 0.5) is 5.69 Å². The molecule has 5 heteroatoms. The number of fused-ring (bicyclic) bond motifs is 1. The van der Waals surface area contributed by atoms with E-state index in [1.54, 1.807) is 36.5 Å². The minimum atomic E-state index is -0.254. The third kappa shape index (κ3) is 3.87. The molecule has 1 aromatic carbocycles. The molecule has 0 bridgehead atoms. The Balaban J connectivity index is 1.44. The van der Waals surface area contributed by atoms with Gasteiger partial charge in [0.15, 0.2) is 0 Å². The number of rotatable bonds is 3. The van der Waals surface area contributed by atoms with Gasteiger partial charge in [-0.1, -0.05) is 18.9 Å². The lowest BCUT2D eigenvalue weighted by Crippen LogP contribution is -2.49. The molecule has 2 heterocycles. The van der Waals surface area contributed by atoms with Crippen LogP contribution in [0.1, 0.15) is 59.4 Å². The number of anilines is 1. The maximum absolute atomic E-state index is 13.0. The Morgan fingerprint density at radius 2 is 1.74 bits per heavy atom. The van der Waals surface area contributed by atoms with E-state index in [-0.39, 0.29) is 11.8 Å². The van der Waals surface area contributed by atoms with Gasteiger partial charge in [-0.15, -0.1) is 0 Å². The summed E-state index contributed by atoms with van der Waals surface area (Å²) < 4.78 is 0. The number of piperidine rings is 1. The van der Waals surface area contributed by atoms with Gasteiger partial charge in [0.05, 0.1) is 0 Å². The number of aromatic nitrogens is 1.